The lowest BCUT2D eigenvalue weighted by molar-refractivity contribution is 0.473. The maximum atomic E-state index is 11.8. The number of hydrogen-bond acceptors (Lipinski definition) is 3. The van der Waals surface area contributed by atoms with Gasteiger partial charge in [-0.05, 0) is 66.0 Å². The van der Waals surface area contributed by atoms with E-state index in [-0.39, 0.29) is 10.6 Å². The minimum absolute atomic E-state index is 0.0168. The second kappa shape index (κ2) is 4.11. The molecule has 0 amide bonds. The van der Waals surface area contributed by atoms with Gasteiger partial charge in [-0.2, -0.15) is 0 Å². The van der Waals surface area contributed by atoms with Gasteiger partial charge in [0.25, 0.3) is 0 Å². The molecule has 0 heterocycles. The van der Waals surface area contributed by atoms with Crippen LogP contribution in [0, 0.1) is 0 Å². The number of phenols is 1. The molecule has 0 unspecified atom stereocenters. The molecule has 0 aliphatic heterocycles. The van der Waals surface area contributed by atoms with Gasteiger partial charge in [0.05, 0.1) is 4.90 Å². The molecule has 14 heavy (non-hydrogen) atoms. The van der Waals surface area contributed by atoms with E-state index in [1.54, 1.807) is 0 Å². The summed E-state index contributed by atoms with van der Waals surface area (Å²) in [6.07, 6.45) is 0. The summed E-state index contributed by atoms with van der Waals surface area (Å²) in [5.74, 6) is -0.0946. The second-order valence-corrected chi connectivity index (χ2v) is 12.9. The van der Waals surface area contributed by atoms with Crippen LogP contribution in [0.25, 0.3) is 0 Å². The van der Waals surface area contributed by atoms with Crippen molar-refractivity contribution in [1.29, 1.82) is 0 Å². The summed E-state index contributed by atoms with van der Waals surface area (Å²) in [4.78, 5) is 0.0168. The average molecular weight is 409 g/mol. The molecule has 0 aliphatic rings. The van der Waals surface area contributed by atoms with Gasteiger partial charge < -0.3 is 5.11 Å². The predicted octanol–water partition coefficient (Wildman–Crippen LogP) is 2.96. The molecule has 0 aromatic heterocycles. The highest BCUT2D eigenvalue weighted by atomic mass is 80.0. The minimum Gasteiger partial charge on any atom is -0.508 e. The first kappa shape index (κ1) is 12.5. The van der Waals surface area contributed by atoms with E-state index in [0.717, 1.165) is 0 Å². The van der Waals surface area contributed by atoms with Gasteiger partial charge in [0, 0.05) is 0 Å². The van der Waals surface area contributed by atoms with Crippen LogP contribution in [0.4, 0.5) is 0 Å². The van der Waals surface area contributed by atoms with E-state index in [2.05, 4.69) is 47.8 Å². The van der Waals surface area contributed by atoms with Crippen LogP contribution in [0.2, 0.25) is 0 Å². The Balaban J connectivity index is 3.32. The van der Waals surface area contributed by atoms with Crippen LogP contribution in [-0.2, 0) is 9.84 Å². The largest absolute Gasteiger partial charge is 0.508 e. The topological polar surface area (TPSA) is 54.4 Å². The number of benzene rings is 1. The lowest BCUT2D eigenvalue weighted by Gasteiger charge is -2.13. The summed E-state index contributed by atoms with van der Waals surface area (Å²) in [5.41, 5.74) is 0. The normalized spacial score (nSPS) is 12.8. The van der Waals surface area contributed by atoms with Crippen LogP contribution in [0.1, 0.15) is 0 Å². The number of aromatic hydroxyl groups is 1. The first-order valence-corrected chi connectivity index (χ1v) is 7.22. The van der Waals surface area contributed by atoms with Crippen molar-refractivity contribution in [2.45, 2.75) is 6.37 Å². The summed E-state index contributed by atoms with van der Waals surface area (Å²) in [7, 11) is -3.61. The van der Waals surface area contributed by atoms with Crippen molar-refractivity contribution in [1.82, 2.24) is 0 Å². The van der Waals surface area contributed by atoms with E-state index >= 15 is 0 Å². The van der Waals surface area contributed by atoms with Crippen molar-refractivity contribution in [2.75, 3.05) is 0 Å². The van der Waals surface area contributed by atoms with Crippen molar-refractivity contribution < 1.29 is 13.5 Å². The zero-order chi connectivity index (χ0) is 11.0. The van der Waals surface area contributed by atoms with Gasteiger partial charge in [-0.3, -0.25) is 0 Å². The lowest BCUT2D eigenvalue weighted by Crippen LogP contribution is -2.17. The molecule has 0 saturated heterocycles. The van der Waals surface area contributed by atoms with E-state index in [9.17, 15) is 8.42 Å². The molecule has 78 valence electrons. The fourth-order valence-electron chi connectivity index (χ4n) is 0.784. The van der Waals surface area contributed by atoms with Crippen molar-refractivity contribution in [3.05, 3.63) is 24.3 Å². The van der Waals surface area contributed by atoms with E-state index in [1.807, 2.05) is 0 Å². The van der Waals surface area contributed by atoms with Crippen LogP contribution in [0.15, 0.2) is 29.2 Å². The summed E-state index contributed by atoms with van der Waals surface area (Å²) in [6.45, 7) is 0. The highest BCUT2D eigenvalue weighted by Gasteiger charge is 2.37. The van der Waals surface area contributed by atoms with E-state index in [0.29, 0.717) is 0 Å². The SMILES string of the molecule is O=S(=O)(c1cccc(O)c1)C(Br)(Br)Br. The van der Waals surface area contributed by atoms with Gasteiger partial charge >= 0.3 is 0 Å². The summed E-state index contributed by atoms with van der Waals surface area (Å²) < 4.78 is 22.1. The van der Waals surface area contributed by atoms with Gasteiger partial charge in [-0.1, -0.05) is 6.07 Å². The number of halogens is 3. The predicted molar refractivity (Wildman–Crippen MR) is 64.8 cm³/mol. The zero-order valence-electron chi connectivity index (χ0n) is 6.62. The van der Waals surface area contributed by atoms with E-state index in [1.165, 1.54) is 24.3 Å². The maximum absolute atomic E-state index is 11.8. The van der Waals surface area contributed by atoms with Gasteiger partial charge in [0.1, 0.15) is 5.75 Å². The molecule has 1 aromatic carbocycles. The Bertz CT molecular complexity index is 436. The molecular weight excluding hydrogens is 404 g/mol. The van der Waals surface area contributed by atoms with Gasteiger partial charge in [-0.25, -0.2) is 8.42 Å². The van der Waals surface area contributed by atoms with Crippen molar-refractivity contribution >= 4 is 57.6 Å². The molecule has 3 nitrogen and oxygen atoms in total. The highest BCUT2D eigenvalue weighted by Crippen LogP contribution is 2.43. The molecule has 0 spiro atoms. The van der Waals surface area contributed by atoms with Crippen molar-refractivity contribution in [3.63, 3.8) is 0 Å². The lowest BCUT2D eigenvalue weighted by atomic mass is 10.3. The Morgan fingerprint density at radius 3 is 2.21 bits per heavy atom. The van der Waals surface area contributed by atoms with Crippen molar-refractivity contribution in [3.8, 4) is 5.75 Å². The Morgan fingerprint density at radius 1 is 1.21 bits per heavy atom. The summed E-state index contributed by atoms with van der Waals surface area (Å²) >= 11 is 8.78. The monoisotopic (exact) mass is 406 g/mol. The highest BCUT2D eigenvalue weighted by molar-refractivity contribution is 9.42. The molecule has 1 rings (SSSR count). The quantitative estimate of drug-likeness (QED) is 0.727. The fraction of sp³-hybridized carbons (Fsp3) is 0.143. The number of sulfone groups is 1. The molecule has 0 bridgehead atoms. The zero-order valence-corrected chi connectivity index (χ0v) is 12.2. The molecule has 0 atom stereocenters. The van der Waals surface area contributed by atoms with Gasteiger partial charge in [0.2, 0.25) is 11.3 Å². The fourth-order valence-corrected chi connectivity index (χ4v) is 3.27. The van der Waals surface area contributed by atoms with Crippen molar-refractivity contribution in [2.24, 2.45) is 0 Å². The third-order valence-corrected chi connectivity index (χ3v) is 6.75. The average Bonchev–Trinajstić information content (AvgIpc) is 2.02. The molecule has 1 N–H and O–H groups in total. The van der Waals surface area contributed by atoms with Crippen LogP contribution in [-0.4, -0.2) is 15.0 Å². The minimum atomic E-state index is -3.61. The standard InChI is InChI=1S/C7H5Br3O3S/c8-7(9,10)14(12,13)6-3-1-2-5(11)4-6/h1-4,11H. The van der Waals surface area contributed by atoms with Crippen LogP contribution in [0.5, 0.6) is 5.75 Å². The number of alkyl halides is 3. The van der Waals surface area contributed by atoms with E-state index in [4.69, 9.17) is 5.11 Å². The van der Waals surface area contributed by atoms with Crippen LogP contribution in [0.3, 0.4) is 0 Å². The van der Waals surface area contributed by atoms with Gasteiger partial charge in [0.15, 0.2) is 0 Å². The molecular formula is C7H5Br3O3S. The first-order chi connectivity index (χ1) is 6.25. The Hall–Kier alpha value is 0.410. The first-order valence-electron chi connectivity index (χ1n) is 3.35. The van der Waals surface area contributed by atoms with Crippen LogP contribution >= 0.6 is 47.8 Å². The maximum Gasteiger partial charge on any atom is 0.239 e. The molecule has 0 fully saturated rings. The molecule has 7 heteroatoms. The number of hydrogen-bond donors (Lipinski definition) is 1. The molecule has 0 aliphatic carbocycles. The molecule has 0 radical (unpaired) electrons. The van der Waals surface area contributed by atoms with Gasteiger partial charge in [-0.15, -0.1) is 0 Å². The summed E-state index contributed by atoms with van der Waals surface area (Å²) in [6, 6.07) is 5.43. The number of rotatable bonds is 1. The Labute approximate surface area is 107 Å². The number of phenolic OH excluding ortho intramolecular Hbond substituents is 1. The Morgan fingerprint density at radius 2 is 1.79 bits per heavy atom. The molecule has 1 aromatic rings. The molecule has 0 saturated carbocycles. The van der Waals surface area contributed by atoms with E-state index < -0.39 is 11.3 Å². The smallest absolute Gasteiger partial charge is 0.239 e. The third kappa shape index (κ3) is 2.50. The summed E-state index contributed by atoms with van der Waals surface area (Å²) in [5, 5.41) is 9.13. The second-order valence-electron chi connectivity index (χ2n) is 2.45. The Kier molecular flexibility index (Phi) is 3.67. The third-order valence-electron chi connectivity index (χ3n) is 1.43. The van der Waals surface area contributed by atoms with Crippen LogP contribution < -0.4 is 0 Å².